The Morgan fingerprint density at radius 2 is 2.08 bits per heavy atom. The Kier molecular flexibility index (Phi) is 3.48. The Morgan fingerprint density at radius 1 is 1.46 bits per heavy atom. The SMILES string of the molecule is CCC(CC)C(=O)C1(C)CCNC1. The summed E-state index contributed by atoms with van der Waals surface area (Å²) in [5.41, 5.74) is -0.0727. The molecule has 0 aromatic rings. The van der Waals surface area contributed by atoms with E-state index in [1.807, 2.05) is 0 Å². The predicted octanol–water partition coefficient (Wildman–Crippen LogP) is 1.99. The molecule has 0 spiro atoms. The van der Waals surface area contributed by atoms with Crippen LogP contribution in [0.25, 0.3) is 0 Å². The van der Waals surface area contributed by atoms with Gasteiger partial charge in [0, 0.05) is 17.9 Å². The molecule has 1 rings (SSSR count). The lowest BCUT2D eigenvalue weighted by atomic mass is 9.77. The zero-order valence-electron chi connectivity index (χ0n) is 9.02. The Labute approximate surface area is 81.1 Å². The predicted molar refractivity (Wildman–Crippen MR) is 54.7 cm³/mol. The summed E-state index contributed by atoms with van der Waals surface area (Å²) in [6, 6.07) is 0. The van der Waals surface area contributed by atoms with Crippen LogP contribution in [0.4, 0.5) is 0 Å². The van der Waals surface area contributed by atoms with E-state index in [-0.39, 0.29) is 11.3 Å². The minimum atomic E-state index is -0.0727. The van der Waals surface area contributed by atoms with Gasteiger partial charge in [-0.1, -0.05) is 20.8 Å². The fourth-order valence-electron chi connectivity index (χ4n) is 2.18. The number of carbonyl (C=O) groups is 1. The van der Waals surface area contributed by atoms with Gasteiger partial charge in [0.2, 0.25) is 0 Å². The highest BCUT2D eigenvalue weighted by atomic mass is 16.1. The van der Waals surface area contributed by atoms with E-state index in [1.165, 1.54) is 0 Å². The van der Waals surface area contributed by atoms with Crippen LogP contribution in [-0.2, 0) is 4.79 Å². The van der Waals surface area contributed by atoms with E-state index in [4.69, 9.17) is 0 Å². The van der Waals surface area contributed by atoms with Crippen molar-refractivity contribution in [2.75, 3.05) is 13.1 Å². The molecule has 13 heavy (non-hydrogen) atoms. The van der Waals surface area contributed by atoms with Gasteiger partial charge in [-0.15, -0.1) is 0 Å². The zero-order chi connectivity index (χ0) is 9.90. The van der Waals surface area contributed by atoms with Crippen LogP contribution >= 0.6 is 0 Å². The quantitative estimate of drug-likeness (QED) is 0.722. The maximum atomic E-state index is 12.1. The average Bonchev–Trinajstić information content (AvgIpc) is 2.55. The number of ketones is 1. The van der Waals surface area contributed by atoms with Crippen molar-refractivity contribution in [2.45, 2.75) is 40.0 Å². The van der Waals surface area contributed by atoms with Gasteiger partial charge in [-0.3, -0.25) is 4.79 Å². The van der Waals surface area contributed by atoms with Crippen LogP contribution < -0.4 is 5.32 Å². The van der Waals surface area contributed by atoms with Crippen LogP contribution in [0.15, 0.2) is 0 Å². The van der Waals surface area contributed by atoms with Gasteiger partial charge in [0.1, 0.15) is 5.78 Å². The Hall–Kier alpha value is -0.370. The van der Waals surface area contributed by atoms with Crippen LogP contribution in [0.1, 0.15) is 40.0 Å². The molecule has 0 aromatic carbocycles. The second-order valence-corrected chi connectivity index (χ2v) is 4.37. The Bertz CT molecular complexity index is 179. The molecule has 1 unspecified atom stereocenters. The molecule has 0 saturated carbocycles. The molecule has 1 N–H and O–H groups in total. The second kappa shape index (κ2) is 4.23. The third-order valence-corrected chi connectivity index (χ3v) is 3.32. The fraction of sp³-hybridized carbons (Fsp3) is 0.909. The first-order valence-electron chi connectivity index (χ1n) is 5.39. The van der Waals surface area contributed by atoms with Crippen molar-refractivity contribution < 1.29 is 4.79 Å². The van der Waals surface area contributed by atoms with E-state index >= 15 is 0 Å². The first-order valence-corrected chi connectivity index (χ1v) is 5.39. The minimum absolute atomic E-state index is 0.0727. The van der Waals surface area contributed by atoms with Crippen molar-refractivity contribution in [3.63, 3.8) is 0 Å². The summed E-state index contributed by atoms with van der Waals surface area (Å²) in [7, 11) is 0. The summed E-state index contributed by atoms with van der Waals surface area (Å²) >= 11 is 0. The van der Waals surface area contributed by atoms with Gasteiger partial charge in [0.05, 0.1) is 0 Å². The van der Waals surface area contributed by atoms with Gasteiger partial charge in [0.15, 0.2) is 0 Å². The third kappa shape index (κ3) is 2.11. The number of rotatable bonds is 4. The highest BCUT2D eigenvalue weighted by molar-refractivity contribution is 5.87. The van der Waals surface area contributed by atoms with Crippen LogP contribution in [0.2, 0.25) is 0 Å². The lowest BCUT2D eigenvalue weighted by Gasteiger charge is -2.25. The molecule has 2 nitrogen and oxygen atoms in total. The summed E-state index contributed by atoms with van der Waals surface area (Å²) < 4.78 is 0. The summed E-state index contributed by atoms with van der Waals surface area (Å²) in [4.78, 5) is 12.1. The maximum Gasteiger partial charge on any atom is 0.143 e. The molecule has 76 valence electrons. The number of hydrogen-bond acceptors (Lipinski definition) is 2. The molecule has 1 saturated heterocycles. The van der Waals surface area contributed by atoms with Crippen LogP contribution in [0.5, 0.6) is 0 Å². The van der Waals surface area contributed by atoms with Crippen molar-refractivity contribution in [3.05, 3.63) is 0 Å². The van der Waals surface area contributed by atoms with Crippen molar-refractivity contribution in [3.8, 4) is 0 Å². The number of hydrogen-bond donors (Lipinski definition) is 1. The van der Waals surface area contributed by atoms with E-state index in [0.717, 1.165) is 32.4 Å². The van der Waals surface area contributed by atoms with Gasteiger partial charge in [-0.05, 0) is 25.8 Å². The average molecular weight is 183 g/mol. The highest BCUT2D eigenvalue weighted by Gasteiger charge is 2.38. The van der Waals surface area contributed by atoms with Crippen molar-refractivity contribution in [1.82, 2.24) is 5.32 Å². The van der Waals surface area contributed by atoms with Crippen LogP contribution in [0, 0.1) is 11.3 Å². The number of Topliss-reactive ketones (excluding diaryl/α,β-unsaturated/α-hetero) is 1. The molecule has 1 fully saturated rings. The van der Waals surface area contributed by atoms with Gasteiger partial charge in [-0.2, -0.15) is 0 Å². The van der Waals surface area contributed by atoms with E-state index < -0.39 is 0 Å². The molecule has 1 heterocycles. The standard InChI is InChI=1S/C11H21NO/c1-4-9(5-2)10(13)11(3)6-7-12-8-11/h9,12H,4-8H2,1-3H3. The fourth-order valence-corrected chi connectivity index (χ4v) is 2.18. The molecule has 2 heteroatoms. The molecule has 0 aromatic heterocycles. The normalized spacial score (nSPS) is 28.3. The summed E-state index contributed by atoms with van der Waals surface area (Å²) in [5, 5.41) is 3.28. The third-order valence-electron chi connectivity index (χ3n) is 3.32. The van der Waals surface area contributed by atoms with Gasteiger partial charge in [0.25, 0.3) is 0 Å². The molecular weight excluding hydrogens is 162 g/mol. The molecule has 1 atom stereocenters. The number of nitrogens with one attached hydrogen (secondary N) is 1. The van der Waals surface area contributed by atoms with E-state index in [0.29, 0.717) is 5.78 Å². The second-order valence-electron chi connectivity index (χ2n) is 4.37. The van der Waals surface area contributed by atoms with Crippen LogP contribution in [0.3, 0.4) is 0 Å². The van der Waals surface area contributed by atoms with Crippen molar-refractivity contribution >= 4 is 5.78 Å². The van der Waals surface area contributed by atoms with E-state index in [2.05, 4.69) is 26.1 Å². The molecule has 1 aliphatic rings. The molecule has 0 aliphatic carbocycles. The topological polar surface area (TPSA) is 29.1 Å². The Balaban J connectivity index is 2.64. The van der Waals surface area contributed by atoms with Gasteiger partial charge >= 0.3 is 0 Å². The smallest absolute Gasteiger partial charge is 0.143 e. The largest absolute Gasteiger partial charge is 0.316 e. The summed E-state index contributed by atoms with van der Waals surface area (Å²) in [6.07, 6.45) is 3.00. The maximum absolute atomic E-state index is 12.1. The van der Waals surface area contributed by atoms with Crippen molar-refractivity contribution in [1.29, 1.82) is 0 Å². The van der Waals surface area contributed by atoms with E-state index in [1.54, 1.807) is 0 Å². The highest BCUT2D eigenvalue weighted by Crippen LogP contribution is 2.31. The zero-order valence-corrected chi connectivity index (χ0v) is 9.02. The molecule has 1 aliphatic heterocycles. The lowest BCUT2D eigenvalue weighted by molar-refractivity contribution is -0.131. The molecular formula is C11H21NO. The number of carbonyl (C=O) groups excluding carboxylic acids is 1. The lowest BCUT2D eigenvalue weighted by Crippen LogP contribution is -2.35. The summed E-state index contributed by atoms with van der Waals surface area (Å²) in [6.45, 7) is 8.20. The van der Waals surface area contributed by atoms with Gasteiger partial charge in [-0.25, -0.2) is 0 Å². The molecule has 0 bridgehead atoms. The molecule has 0 amide bonds. The first-order chi connectivity index (χ1) is 6.14. The Morgan fingerprint density at radius 3 is 2.46 bits per heavy atom. The molecule has 0 radical (unpaired) electrons. The van der Waals surface area contributed by atoms with E-state index in [9.17, 15) is 4.79 Å². The monoisotopic (exact) mass is 183 g/mol. The van der Waals surface area contributed by atoms with Gasteiger partial charge < -0.3 is 5.32 Å². The van der Waals surface area contributed by atoms with Crippen molar-refractivity contribution in [2.24, 2.45) is 11.3 Å². The minimum Gasteiger partial charge on any atom is -0.316 e. The summed E-state index contributed by atoms with van der Waals surface area (Å²) in [5.74, 6) is 0.757. The first kappa shape index (κ1) is 10.7. The van der Waals surface area contributed by atoms with Crippen LogP contribution in [-0.4, -0.2) is 18.9 Å².